The molecule has 0 radical (unpaired) electrons. The number of anilines is 1. The molecule has 1 unspecified atom stereocenters. The minimum Gasteiger partial charge on any atom is -0.393 e. The van der Waals surface area contributed by atoms with Crippen LogP contribution in [0, 0.1) is 5.92 Å². The Bertz CT molecular complexity index is 378. The third-order valence-electron chi connectivity index (χ3n) is 2.39. The molecule has 0 saturated heterocycles. The lowest BCUT2D eigenvalue weighted by atomic mass is 10.1. The smallest absolute Gasteiger partial charge is 0.393 e. The van der Waals surface area contributed by atoms with Crippen molar-refractivity contribution in [3.8, 4) is 0 Å². The molecule has 1 atom stereocenters. The highest BCUT2D eigenvalue weighted by atomic mass is 32.1. The number of halogens is 3. The molecule has 0 aliphatic rings. The third kappa shape index (κ3) is 3.89. The van der Waals surface area contributed by atoms with Gasteiger partial charge in [-0.25, -0.2) is 0 Å². The molecule has 2 N–H and O–H groups in total. The zero-order chi connectivity index (χ0) is 13.1. The summed E-state index contributed by atoms with van der Waals surface area (Å²) in [5.41, 5.74) is 5.83. The second-order valence-corrected chi connectivity index (χ2v) is 4.18. The van der Waals surface area contributed by atoms with Crippen LogP contribution in [0.3, 0.4) is 0 Å². The summed E-state index contributed by atoms with van der Waals surface area (Å²) < 4.78 is 38.0. The first-order valence-corrected chi connectivity index (χ1v) is 5.35. The largest absolute Gasteiger partial charge is 0.399 e. The van der Waals surface area contributed by atoms with Gasteiger partial charge in [0, 0.05) is 19.3 Å². The summed E-state index contributed by atoms with van der Waals surface area (Å²) in [7, 11) is 1.58. The van der Waals surface area contributed by atoms with E-state index in [1.54, 1.807) is 37.4 Å². The Hall–Kier alpha value is -1.30. The lowest BCUT2D eigenvalue weighted by Crippen LogP contribution is -2.42. The number of rotatable bonds is 4. The van der Waals surface area contributed by atoms with Crippen molar-refractivity contribution in [2.75, 3.05) is 18.5 Å². The number of para-hydroxylation sites is 1. The van der Waals surface area contributed by atoms with Gasteiger partial charge in [-0.1, -0.05) is 30.4 Å². The fraction of sp³-hybridized carbons (Fsp3) is 0.364. The van der Waals surface area contributed by atoms with Crippen molar-refractivity contribution in [3.63, 3.8) is 0 Å². The van der Waals surface area contributed by atoms with Crippen LogP contribution in [0.1, 0.15) is 0 Å². The molecule has 1 aromatic rings. The van der Waals surface area contributed by atoms with Gasteiger partial charge in [-0.3, -0.25) is 0 Å². The van der Waals surface area contributed by atoms with E-state index in [-0.39, 0.29) is 6.54 Å². The van der Waals surface area contributed by atoms with E-state index in [0.717, 1.165) is 0 Å². The Morgan fingerprint density at radius 2 is 1.88 bits per heavy atom. The van der Waals surface area contributed by atoms with Crippen LogP contribution in [0.15, 0.2) is 30.3 Å². The molecular formula is C11H13F3N2S. The highest BCUT2D eigenvalue weighted by molar-refractivity contribution is 7.80. The van der Waals surface area contributed by atoms with Crippen LogP contribution in [0.5, 0.6) is 0 Å². The molecule has 0 aromatic heterocycles. The quantitative estimate of drug-likeness (QED) is 0.846. The summed E-state index contributed by atoms with van der Waals surface area (Å²) in [6.45, 7) is -0.275. The van der Waals surface area contributed by atoms with Gasteiger partial charge in [0.25, 0.3) is 0 Å². The molecule has 0 bridgehead atoms. The predicted octanol–water partition coefficient (Wildman–Crippen LogP) is 2.59. The average Bonchev–Trinajstić information content (AvgIpc) is 2.24. The molecule has 6 heteroatoms. The number of benzene rings is 1. The molecule has 0 heterocycles. The lowest BCUT2D eigenvalue weighted by molar-refractivity contribution is -0.152. The molecule has 0 saturated carbocycles. The predicted molar refractivity (Wildman–Crippen MR) is 66.0 cm³/mol. The normalized spacial score (nSPS) is 13.2. The Morgan fingerprint density at radius 1 is 1.35 bits per heavy atom. The second kappa shape index (κ2) is 5.35. The first kappa shape index (κ1) is 13.8. The van der Waals surface area contributed by atoms with Gasteiger partial charge in [0.05, 0.1) is 4.99 Å². The maximum Gasteiger partial charge on any atom is 0.399 e. The van der Waals surface area contributed by atoms with Crippen molar-refractivity contribution >= 4 is 22.9 Å². The monoisotopic (exact) mass is 262 g/mol. The summed E-state index contributed by atoms with van der Waals surface area (Å²) in [5.74, 6) is -1.79. The molecule has 1 aromatic carbocycles. The van der Waals surface area contributed by atoms with Gasteiger partial charge in [0.15, 0.2) is 0 Å². The Labute approximate surface area is 103 Å². The fourth-order valence-corrected chi connectivity index (χ4v) is 1.62. The summed E-state index contributed by atoms with van der Waals surface area (Å²) >= 11 is 4.46. The Balaban J connectivity index is 2.79. The Morgan fingerprint density at radius 3 is 2.29 bits per heavy atom. The molecule has 0 spiro atoms. The summed E-state index contributed by atoms with van der Waals surface area (Å²) in [6, 6.07) is 8.77. The fourth-order valence-electron chi connectivity index (χ4n) is 1.42. The molecule has 0 aliphatic heterocycles. The van der Waals surface area contributed by atoms with Crippen molar-refractivity contribution in [3.05, 3.63) is 30.3 Å². The number of hydrogen-bond donors (Lipinski definition) is 1. The van der Waals surface area contributed by atoms with E-state index in [0.29, 0.717) is 5.69 Å². The van der Waals surface area contributed by atoms with Crippen molar-refractivity contribution in [1.82, 2.24) is 0 Å². The molecule has 0 aliphatic carbocycles. The van der Waals surface area contributed by atoms with Gasteiger partial charge in [-0.2, -0.15) is 13.2 Å². The highest BCUT2D eigenvalue weighted by Gasteiger charge is 2.42. The topological polar surface area (TPSA) is 29.3 Å². The van der Waals surface area contributed by atoms with Crippen LogP contribution in [-0.4, -0.2) is 24.8 Å². The minimum absolute atomic E-state index is 0.275. The molecule has 94 valence electrons. The van der Waals surface area contributed by atoms with E-state index in [4.69, 9.17) is 5.73 Å². The molecule has 0 amide bonds. The molecule has 0 fully saturated rings. The standard InChI is InChI=1S/C11H13F3N2S/c1-16(8-5-3-2-4-6-8)7-9(10(15)17)11(12,13)14/h2-6,9H,7H2,1H3,(H2,15,17). The van der Waals surface area contributed by atoms with E-state index < -0.39 is 17.1 Å². The van der Waals surface area contributed by atoms with Gasteiger partial charge in [-0.05, 0) is 12.1 Å². The van der Waals surface area contributed by atoms with Gasteiger partial charge >= 0.3 is 6.18 Å². The van der Waals surface area contributed by atoms with Crippen LogP contribution in [-0.2, 0) is 0 Å². The molecule has 2 nitrogen and oxygen atoms in total. The first-order chi connectivity index (χ1) is 7.82. The maximum absolute atomic E-state index is 12.7. The number of nitrogens with two attached hydrogens (primary N) is 1. The molecular weight excluding hydrogens is 249 g/mol. The van der Waals surface area contributed by atoms with Crippen molar-refractivity contribution < 1.29 is 13.2 Å². The lowest BCUT2D eigenvalue weighted by Gasteiger charge is -2.26. The van der Waals surface area contributed by atoms with Gasteiger partial charge in [0.1, 0.15) is 5.92 Å². The SMILES string of the molecule is CN(CC(C(N)=S)C(F)(F)F)c1ccccc1. The van der Waals surface area contributed by atoms with E-state index >= 15 is 0 Å². The minimum atomic E-state index is -4.41. The first-order valence-electron chi connectivity index (χ1n) is 4.94. The second-order valence-electron chi connectivity index (χ2n) is 3.71. The van der Waals surface area contributed by atoms with Gasteiger partial charge in [0.2, 0.25) is 0 Å². The van der Waals surface area contributed by atoms with Crippen molar-refractivity contribution in [2.24, 2.45) is 11.7 Å². The summed E-state index contributed by atoms with van der Waals surface area (Å²) in [4.78, 5) is 0.956. The maximum atomic E-state index is 12.7. The van der Waals surface area contributed by atoms with Crippen LogP contribution in [0.4, 0.5) is 18.9 Å². The van der Waals surface area contributed by atoms with Crippen LogP contribution in [0.2, 0.25) is 0 Å². The van der Waals surface area contributed by atoms with Gasteiger partial charge < -0.3 is 10.6 Å². The number of alkyl halides is 3. The van der Waals surface area contributed by atoms with E-state index in [1.807, 2.05) is 0 Å². The molecule has 1 rings (SSSR count). The Kier molecular flexibility index (Phi) is 4.34. The zero-order valence-corrected chi connectivity index (χ0v) is 10.1. The van der Waals surface area contributed by atoms with Gasteiger partial charge in [-0.15, -0.1) is 0 Å². The van der Waals surface area contributed by atoms with Crippen LogP contribution in [0.25, 0.3) is 0 Å². The number of hydrogen-bond acceptors (Lipinski definition) is 2. The van der Waals surface area contributed by atoms with Crippen molar-refractivity contribution in [1.29, 1.82) is 0 Å². The third-order valence-corrected chi connectivity index (χ3v) is 2.68. The molecule has 17 heavy (non-hydrogen) atoms. The number of thiocarbonyl (C=S) groups is 1. The van der Waals surface area contributed by atoms with Crippen molar-refractivity contribution in [2.45, 2.75) is 6.18 Å². The summed E-state index contributed by atoms with van der Waals surface area (Å²) in [6.07, 6.45) is -4.41. The van der Waals surface area contributed by atoms with E-state index in [2.05, 4.69) is 12.2 Å². The van der Waals surface area contributed by atoms with Crippen LogP contribution >= 0.6 is 12.2 Å². The number of nitrogens with zero attached hydrogens (tertiary/aromatic N) is 1. The average molecular weight is 262 g/mol. The highest BCUT2D eigenvalue weighted by Crippen LogP contribution is 2.28. The van der Waals surface area contributed by atoms with Crippen LogP contribution < -0.4 is 10.6 Å². The van der Waals surface area contributed by atoms with E-state index in [1.165, 1.54) is 4.90 Å². The van der Waals surface area contributed by atoms with E-state index in [9.17, 15) is 13.2 Å². The summed E-state index contributed by atoms with van der Waals surface area (Å²) in [5, 5.41) is 0. The zero-order valence-electron chi connectivity index (χ0n) is 9.24.